The minimum Gasteiger partial charge on any atom is -0.316 e. The molecular formula is C40H36N4O3S. The molecule has 2 aliphatic rings. The van der Waals surface area contributed by atoms with Crippen molar-refractivity contribution in [2.75, 3.05) is 30.8 Å². The number of hydrogen-bond donors (Lipinski definition) is 1. The smallest absolute Gasteiger partial charge is 0.234 e. The summed E-state index contributed by atoms with van der Waals surface area (Å²) in [6, 6.07) is 44.4. The van der Waals surface area contributed by atoms with E-state index in [1.807, 2.05) is 41.3 Å². The molecule has 0 bridgehead atoms. The third-order valence-corrected chi connectivity index (χ3v) is 11.3. The molecule has 6 aromatic rings. The number of carbonyl (C=O) groups is 1. The number of nitrogens with one attached hydrogen (secondary N) is 1. The number of nitrogens with zero attached hydrogens (tertiary/aromatic N) is 3. The van der Waals surface area contributed by atoms with E-state index in [2.05, 4.69) is 94.9 Å². The number of hydrogen-bond acceptors (Lipinski definition) is 5. The van der Waals surface area contributed by atoms with Crippen LogP contribution in [0.5, 0.6) is 0 Å². The van der Waals surface area contributed by atoms with Gasteiger partial charge in [0.05, 0.1) is 15.8 Å². The molecule has 3 heterocycles. The van der Waals surface area contributed by atoms with Crippen molar-refractivity contribution in [2.24, 2.45) is 5.41 Å². The molecule has 2 aliphatic heterocycles. The van der Waals surface area contributed by atoms with Crippen molar-refractivity contribution in [2.45, 2.75) is 23.3 Å². The Kier molecular flexibility index (Phi) is 7.31. The molecule has 8 rings (SSSR count). The van der Waals surface area contributed by atoms with Gasteiger partial charge in [0, 0.05) is 36.0 Å². The number of fused-ring (bicyclic) bond motifs is 1. The Bertz CT molecular complexity index is 2130. The van der Waals surface area contributed by atoms with E-state index in [0.29, 0.717) is 18.8 Å². The summed E-state index contributed by atoms with van der Waals surface area (Å²) in [7, 11) is -3.38. The highest BCUT2D eigenvalue weighted by atomic mass is 32.2. The third-order valence-electron chi connectivity index (χ3n) is 10.2. The first kappa shape index (κ1) is 30.3. The van der Waals surface area contributed by atoms with E-state index in [4.69, 9.17) is 5.10 Å². The molecule has 1 aromatic heterocycles. The quantitative estimate of drug-likeness (QED) is 0.195. The van der Waals surface area contributed by atoms with Crippen LogP contribution in [0.1, 0.15) is 29.5 Å². The number of benzene rings is 5. The van der Waals surface area contributed by atoms with E-state index in [1.54, 1.807) is 12.1 Å². The molecule has 5 aromatic carbocycles. The minimum atomic E-state index is -3.38. The second-order valence-corrected chi connectivity index (χ2v) is 15.0. The lowest BCUT2D eigenvalue weighted by molar-refractivity contribution is -0.124. The molecule has 8 heteroatoms. The second-order valence-electron chi connectivity index (χ2n) is 13.0. The van der Waals surface area contributed by atoms with Gasteiger partial charge in [0.1, 0.15) is 11.2 Å². The third kappa shape index (κ3) is 4.78. The summed E-state index contributed by atoms with van der Waals surface area (Å²) in [6.45, 7) is 2.24. The van der Waals surface area contributed by atoms with Gasteiger partial charge in [0.25, 0.3) is 0 Å². The topological polar surface area (TPSA) is 84.3 Å². The molecule has 0 saturated carbocycles. The first-order valence-electron chi connectivity index (χ1n) is 16.3. The van der Waals surface area contributed by atoms with Gasteiger partial charge >= 0.3 is 0 Å². The summed E-state index contributed by atoms with van der Waals surface area (Å²) >= 11 is 0. The zero-order valence-corrected chi connectivity index (χ0v) is 27.5. The Morgan fingerprint density at radius 1 is 0.750 bits per heavy atom. The molecule has 0 aliphatic carbocycles. The fourth-order valence-electron chi connectivity index (χ4n) is 7.71. The summed E-state index contributed by atoms with van der Waals surface area (Å²) in [5.74, 6) is 0.172. The van der Waals surface area contributed by atoms with Gasteiger partial charge in [-0.15, -0.1) is 0 Å². The van der Waals surface area contributed by atoms with Crippen LogP contribution in [0.25, 0.3) is 22.2 Å². The highest BCUT2D eigenvalue weighted by Gasteiger charge is 2.49. The van der Waals surface area contributed by atoms with Gasteiger partial charge in [-0.25, -0.2) is 13.1 Å². The van der Waals surface area contributed by atoms with E-state index >= 15 is 0 Å². The highest BCUT2D eigenvalue weighted by Crippen LogP contribution is 2.46. The maximum atomic E-state index is 13.9. The largest absolute Gasteiger partial charge is 0.316 e. The monoisotopic (exact) mass is 652 g/mol. The van der Waals surface area contributed by atoms with Gasteiger partial charge in [-0.1, -0.05) is 103 Å². The van der Waals surface area contributed by atoms with Crippen LogP contribution in [0.15, 0.2) is 138 Å². The predicted molar refractivity (Wildman–Crippen MR) is 190 cm³/mol. The molecule has 7 nitrogen and oxygen atoms in total. The van der Waals surface area contributed by atoms with Crippen LogP contribution in [0.2, 0.25) is 0 Å². The van der Waals surface area contributed by atoms with Gasteiger partial charge in [-0.2, -0.15) is 5.10 Å². The Labute approximate surface area is 280 Å². The van der Waals surface area contributed by atoms with Crippen LogP contribution in [0.4, 0.5) is 5.69 Å². The van der Waals surface area contributed by atoms with Crippen molar-refractivity contribution >= 4 is 32.3 Å². The lowest BCUT2D eigenvalue weighted by atomic mass is 9.77. The van der Waals surface area contributed by atoms with Gasteiger partial charge < -0.3 is 10.2 Å². The predicted octanol–water partition coefficient (Wildman–Crippen LogP) is 6.66. The van der Waals surface area contributed by atoms with Crippen LogP contribution in [0.3, 0.4) is 0 Å². The van der Waals surface area contributed by atoms with E-state index in [0.717, 1.165) is 58.2 Å². The van der Waals surface area contributed by atoms with Crippen LogP contribution in [0, 0.1) is 5.41 Å². The van der Waals surface area contributed by atoms with E-state index in [-0.39, 0.29) is 16.2 Å². The number of rotatable bonds is 7. The van der Waals surface area contributed by atoms with E-state index in [1.165, 1.54) is 6.26 Å². The fraction of sp³-hybridized carbons (Fsp3) is 0.200. The van der Waals surface area contributed by atoms with E-state index < -0.39 is 15.4 Å². The summed E-state index contributed by atoms with van der Waals surface area (Å²) in [5.41, 5.74) is 5.15. The molecular weight excluding hydrogens is 617 g/mol. The number of sulfone groups is 1. The number of aromatic nitrogens is 2. The second kappa shape index (κ2) is 11.6. The maximum absolute atomic E-state index is 13.9. The maximum Gasteiger partial charge on any atom is 0.234 e. The lowest BCUT2D eigenvalue weighted by Crippen LogP contribution is -2.38. The summed E-state index contributed by atoms with van der Waals surface area (Å²) in [5, 5.41) is 9.74. The van der Waals surface area contributed by atoms with Crippen LogP contribution >= 0.6 is 0 Å². The van der Waals surface area contributed by atoms with Crippen molar-refractivity contribution in [1.82, 2.24) is 15.1 Å². The molecule has 2 fully saturated rings. The van der Waals surface area contributed by atoms with Crippen molar-refractivity contribution in [3.63, 3.8) is 0 Å². The Morgan fingerprint density at radius 2 is 1.33 bits per heavy atom. The molecule has 2 saturated heterocycles. The van der Waals surface area contributed by atoms with Gasteiger partial charge in [0.15, 0.2) is 9.84 Å². The summed E-state index contributed by atoms with van der Waals surface area (Å²) in [4.78, 5) is 16.1. The molecule has 1 N–H and O–H groups in total. The Balaban J connectivity index is 1.42. The summed E-state index contributed by atoms with van der Waals surface area (Å²) in [6.07, 6.45) is 2.90. The number of carbonyl (C=O) groups excluding carboxylic acids is 1. The average molecular weight is 653 g/mol. The molecule has 1 amide bonds. The SMILES string of the molecule is CS(=O)(=O)c1ccc(-c2nn(C(c3ccccc3)(c3ccccc3)c3ccccc3)c3ccc(N4CCC5(CCNC5)C4=O)cc23)cc1. The fourth-order valence-corrected chi connectivity index (χ4v) is 8.34. The molecule has 0 radical (unpaired) electrons. The van der Waals surface area contributed by atoms with Crippen LogP contribution < -0.4 is 10.2 Å². The van der Waals surface area contributed by atoms with Gasteiger partial charge in [-0.05, 0) is 66.4 Å². The molecule has 48 heavy (non-hydrogen) atoms. The highest BCUT2D eigenvalue weighted by molar-refractivity contribution is 7.90. The standard InChI is InChI=1S/C40H36N4O3S/c1-48(46,47)34-20-17-29(18-21-34)37-35-27-33(43-26-24-39(38(43)45)23-25-41-28-39)19-22-36(35)44(42-37)40(30-11-5-2-6-12-30,31-13-7-3-8-14-31)32-15-9-4-10-16-32/h2-22,27,41H,23-26,28H2,1H3. The normalized spacial score (nSPS) is 18.3. The zero-order valence-electron chi connectivity index (χ0n) is 26.7. The minimum absolute atomic E-state index is 0.172. The number of anilines is 1. The van der Waals surface area contributed by atoms with Crippen molar-refractivity contribution in [1.29, 1.82) is 0 Å². The van der Waals surface area contributed by atoms with Gasteiger partial charge in [-0.3, -0.25) is 4.79 Å². The Hall–Kier alpha value is -5.05. The first-order chi connectivity index (χ1) is 23.3. The van der Waals surface area contributed by atoms with Crippen LogP contribution in [-0.4, -0.2) is 50.0 Å². The Morgan fingerprint density at radius 3 is 1.85 bits per heavy atom. The molecule has 240 valence electrons. The summed E-state index contributed by atoms with van der Waals surface area (Å²) < 4.78 is 26.8. The first-order valence-corrected chi connectivity index (χ1v) is 18.2. The lowest BCUT2D eigenvalue weighted by Gasteiger charge is -2.37. The van der Waals surface area contributed by atoms with Crippen molar-refractivity contribution in [3.8, 4) is 11.3 Å². The number of amides is 1. The van der Waals surface area contributed by atoms with E-state index in [9.17, 15) is 13.2 Å². The average Bonchev–Trinajstić information content (AvgIpc) is 3.84. The molecule has 1 spiro atoms. The molecule has 1 atom stereocenters. The zero-order chi connectivity index (χ0) is 32.9. The van der Waals surface area contributed by atoms with Crippen molar-refractivity contribution < 1.29 is 13.2 Å². The van der Waals surface area contributed by atoms with Crippen molar-refractivity contribution in [3.05, 3.63) is 150 Å². The van der Waals surface area contributed by atoms with Gasteiger partial charge in [0.2, 0.25) is 5.91 Å². The van der Waals surface area contributed by atoms with Crippen LogP contribution in [-0.2, 0) is 20.2 Å². The molecule has 1 unspecified atom stereocenters.